The molecule has 7 N–H and O–H groups in total. The van der Waals surface area contributed by atoms with Crippen LogP contribution in [0.3, 0.4) is 0 Å². The quantitative estimate of drug-likeness (QED) is 0.250. The Bertz CT molecular complexity index is 421. The fourth-order valence-electron chi connectivity index (χ4n) is 1.53. The van der Waals surface area contributed by atoms with Crippen molar-refractivity contribution in [2.24, 2.45) is 5.73 Å². The van der Waals surface area contributed by atoms with Gasteiger partial charge in [-0.2, -0.15) is 0 Å². The number of benzene rings is 1. The first-order chi connectivity index (χ1) is 8.82. The Morgan fingerprint density at radius 2 is 1.74 bits per heavy atom. The van der Waals surface area contributed by atoms with Crippen molar-refractivity contribution in [3.05, 3.63) is 35.9 Å². The van der Waals surface area contributed by atoms with Crippen molar-refractivity contribution in [1.82, 2.24) is 0 Å². The maximum absolute atomic E-state index is 11.9. The molecule has 106 valence electrons. The molecule has 0 aromatic heterocycles. The van der Waals surface area contributed by atoms with Crippen LogP contribution in [-0.4, -0.2) is 62.0 Å². The van der Waals surface area contributed by atoms with Gasteiger partial charge in [-0.25, -0.2) is 0 Å². The maximum Gasteiger partial charge on any atom is 0.212 e. The molecule has 0 fully saturated rings. The van der Waals surface area contributed by atoms with Crippen LogP contribution in [0.15, 0.2) is 30.3 Å². The standard InChI is InChI=1S/C12H17NO6/c13-12(19,11(18)9(16)8(15)6-14)10(17)7-4-2-1-3-5-7/h1-5,8-9,11,14-16,18-19H,6,13H2/t8-,9-,11+,12+/m1/s1. The molecule has 0 bridgehead atoms. The van der Waals surface area contributed by atoms with Crippen LogP contribution in [0.2, 0.25) is 0 Å². The highest BCUT2D eigenvalue weighted by atomic mass is 16.4. The molecule has 1 aromatic rings. The summed E-state index contributed by atoms with van der Waals surface area (Å²) in [5.41, 5.74) is 2.59. The van der Waals surface area contributed by atoms with Crippen molar-refractivity contribution in [1.29, 1.82) is 0 Å². The van der Waals surface area contributed by atoms with Gasteiger partial charge in [-0.1, -0.05) is 30.3 Å². The zero-order chi connectivity index (χ0) is 14.6. The Kier molecular flexibility index (Phi) is 5.12. The highest BCUT2D eigenvalue weighted by Gasteiger charge is 2.45. The Morgan fingerprint density at radius 1 is 1.21 bits per heavy atom. The van der Waals surface area contributed by atoms with Gasteiger partial charge in [0.2, 0.25) is 11.5 Å². The Morgan fingerprint density at radius 3 is 2.21 bits per heavy atom. The monoisotopic (exact) mass is 271 g/mol. The van der Waals surface area contributed by atoms with E-state index in [9.17, 15) is 25.2 Å². The van der Waals surface area contributed by atoms with E-state index in [1.165, 1.54) is 24.3 Å². The van der Waals surface area contributed by atoms with Gasteiger partial charge in [0, 0.05) is 5.56 Å². The predicted octanol–water partition coefficient (Wildman–Crippen LogP) is -2.41. The summed E-state index contributed by atoms with van der Waals surface area (Å²) in [5.74, 6) is -1.01. The molecule has 0 aliphatic carbocycles. The summed E-state index contributed by atoms with van der Waals surface area (Å²) in [6.45, 7) is -0.853. The van der Waals surface area contributed by atoms with Gasteiger partial charge < -0.3 is 25.5 Å². The second-order valence-electron chi connectivity index (χ2n) is 4.21. The van der Waals surface area contributed by atoms with E-state index in [1.54, 1.807) is 6.07 Å². The number of aliphatic hydroxyl groups is 5. The molecule has 4 atom stereocenters. The molecular formula is C12H17NO6. The first-order valence-electron chi connectivity index (χ1n) is 5.58. The lowest BCUT2D eigenvalue weighted by atomic mass is 9.91. The summed E-state index contributed by atoms with van der Waals surface area (Å²) in [5, 5.41) is 46.8. The van der Waals surface area contributed by atoms with E-state index in [4.69, 9.17) is 10.8 Å². The van der Waals surface area contributed by atoms with Crippen LogP contribution in [-0.2, 0) is 0 Å². The number of ketones is 1. The van der Waals surface area contributed by atoms with Crippen molar-refractivity contribution in [2.45, 2.75) is 24.0 Å². The third-order valence-corrected chi connectivity index (χ3v) is 2.76. The molecular weight excluding hydrogens is 254 g/mol. The van der Waals surface area contributed by atoms with Crippen LogP contribution < -0.4 is 5.73 Å². The van der Waals surface area contributed by atoms with Crippen molar-refractivity contribution in [3.63, 3.8) is 0 Å². The molecule has 1 aromatic carbocycles. The van der Waals surface area contributed by atoms with Crippen LogP contribution in [0, 0.1) is 0 Å². The highest BCUT2D eigenvalue weighted by molar-refractivity contribution is 6.02. The van der Waals surface area contributed by atoms with Crippen LogP contribution in [0.25, 0.3) is 0 Å². The number of hydrogen-bond acceptors (Lipinski definition) is 7. The molecule has 0 aliphatic heterocycles. The van der Waals surface area contributed by atoms with Gasteiger partial charge in [-0.05, 0) is 0 Å². The minimum atomic E-state index is -2.78. The number of carbonyl (C=O) groups is 1. The summed E-state index contributed by atoms with van der Waals surface area (Å²) in [6.07, 6.45) is -5.84. The van der Waals surface area contributed by atoms with Crippen molar-refractivity contribution in [2.75, 3.05) is 6.61 Å². The molecule has 7 heteroatoms. The summed E-state index contributed by atoms with van der Waals surface area (Å²) in [7, 11) is 0. The number of Topliss-reactive ketones (excluding diaryl/α,β-unsaturated/α-hetero) is 1. The minimum absolute atomic E-state index is 0.0391. The van der Waals surface area contributed by atoms with Gasteiger partial charge in [0.15, 0.2) is 0 Å². The second kappa shape index (κ2) is 6.20. The summed E-state index contributed by atoms with van der Waals surface area (Å²) in [4.78, 5) is 11.9. The summed E-state index contributed by atoms with van der Waals surface area (Å²) in [6, 6.07) is 7.47. The maximum atomic E-state index is 11.9. The second-order valence-corrected chi connectivity index (χ2v) is 4.21. The first-order valence-corrected chi connectivity index (χ1v) is 5.58. The zero-order valence-electron chi connectivity index (χ0n) is 10.0. The highest BCUT2D eigenvalue weighted by Crippen LogP contribution is 2.17. The van der Waals surface area contributed by atoms with Gasteiger partial charge in [0.25, 0.3) is 0 Å². The molecule has 0 amide bonds. The van der Waals surface area contributed by atoms with Gasteiger partial charge in [-0.15, -0.1) is 0 Å². The van der Waals surface area contributed by atoms with Crippen LogP contribution in [0.4, 0.5) is 0 Å². The first kappa shape index (κ1) is 15.7. The van der Waals surface area contributed by atoms with E-state index in [-0.39, 0.29) is 5.56 Å². The lowest BCUT2D eigenvalue weighted by Gasteiger charge is -2.32. The van der Waals surface area contributed by atoms with E-state index in [0.717, 1.165) is 0 Å². The van der Waals surface area contributed by atoms with Gasteiger partial charge in [0.05, 0.1) is 6.61 Å². The molecule has 7 nitrogen and oxygen atoms in total. The van der Waals surface area contributed by atoms with Gasteiger partial charge in [0.1, 0.15) is 18.3 Å². The molecule has 0 saturated carbocycles. The molecule has 0 spiro atoms. The SMILES string of the molecule is N[C@](O)(C(=O)c1ccccc1)[C@@H](O)[C@H](O)[C@H](O)CO. The normalized spacial score (nSPS) is 19.3. The zero-order valence-corrected chi connectivity index (χ0v) is 10.0. The van der Waals surface area contributed by atoms with Gasteiger partial charge >= 0.3 is 0 Å². The van der Waals surface area contributed by atoms with Crippen LogP contribution >= 0.6 is 0 Å². The topological polar surface area (TPSA) is 144 Å². The minimum Gasteiger partial charge on any atom is -0.394 e. The van der Waals surface area contributed by atoms with E-state index in [1.807, 2.05) is 0 Å². The Labute approximate surface area is 109 Å². The number of carbonyl (C=O) groups excluding carboxylic acids is 1. The molecule has 0 aliphatic rings. The molecule has 0 unspecified atom stereocenters. The number of nitrogens with two attached hydrogens (primary N) is 1. The van der Waals surface area contributed by atoms with Crippen molar-refractivity contribution >= 4 is 5.78 Å². The largest absolute Gasteiger partial charge is 0.394 e. The molecule has 0 saturated heterocycles. The van der Waals surface area contributed by atoms with E-state index >= 15 is 0 Å². The fraction of sp³-hybridized carbons (Fsp3) is 0.417. The number of rotatable bonds is 6. The predicted molar refractivity (Wildman–Crippen MR) is 65.0 cm³/mol. The average Bonchev–Trinajstić information content (AvgIpc) is 2.44. The van der Waals surface area contributed by atoms with E-state index < -0.39 is 36.4 Å². The lowest BCUT2D eigenvalue weighted by Crippen LogP contribution is -2.63. The molecule has 1 rings (SSSR count). The van der Waals surface area contributed by atoms with Crippen molar-refractivity contribution < 1.29 is 30.3 Å². The van der Waals surface area contributed by atoms with E-state index in [2.05, 4.69) is 0 Å². The average molecular weight is 271 g/mol. The third-order valence-electron chi connectivity index (χ3n) is 2.76. The molecule has 0 heterocycles. The Hall–Kier alpha value is -1.35. The summed E-state index contributed by atoms with van der Waals surface area (Å²) < 4.78 is 0. The fourth-order valence-corrected chi connectivity index (χ4v) is 1.53. The van der Waals surface area contributed by atoms with Crippen molar-refractivity contribution in [3.8, 4) is 0 Å². The van der Waals surface area contributed by atoms with Crippen LogP contribution in [0.1, 0.15) is 10.4 Å². The smallest absolute Gasteiger partial charge is 0.212 e. The van der Waals surface area contributed by atoms with Crippen LogP contribution in [0.5, 0.6) is 0 Å². The number of aliphatic hydroxyl groups excluding tert-OH is 4. The lowest BCUT2D eigenvalue weighted by molar-refractivity contribution is -0.139. The Balaban J connectivity index is 2.94. The number of hydrogen-bond donors (Lipinski definition) is 6. The summed E-state index contributed by atoms with van der Waals surface area (Å²) >= 11 is 0. The van der Waals surface area contributed by atoms with E-state index in [0.29, 0.717) is 0 Å². The molecule has 0 radical (unpaired) electrons. The third kappa shape index (κ3) is 3.35. The molecule has 19 heavy (non-hydrogen) atoms. The van der Waals surface area contributed by atoms with Gasteiger partial charge in [-0.3, -0.25) is 10.5 Å².